The lowest BCUT2D eigenvalue weighted by Gasteiger charge is -2.39. The lowest BCUT2D eigenvalue weighted by atomic mass is 9.72. The second-order valence-corrected chi connectivity index (χ2v) is 9.11. The van der Waals surface area contributed by atoms with Gasteiger partial charge in [0.25, 0.3) is 0 Å². The van der Waals surface area contributed by atoms with Crippen molar-refractivity contribution in [2.24, 2.45) is 5.41 Å². The van der Waals surface area contributed by atoms with Gasteiger partial charge in [-0.05, 0) is 74.5 Å². The van der Waals surface area contributed by atoms with Crippen LogP contribution >= 0.6 is 0 Å². The van der Waals surface area contributed by atoms with Crippen LogP contribution in [0.3, 0.4) is 0 Å². The Hall–Kier alpha value is -2.98. The zero-order valence-corrected chi connectivity index (χ0v) is 18.8. The number of piperidine rings is 1. The van der Waals surface area contributed by atoms with Gasteiger partial charge in [-0.15, -0.1) is 0 Å². The zero-order chi connectivity index (χ0) is 22.7. The van der Waals surface area contributed by atoms with Crippen molar-refractivity contribution in [2.75, 3.05) is 13.1 Å². The van der Waals surface area contributed by atoms with Gasteiger partial charge < -0.3 is 5.11 Å². The van der Waals surface area contributed by atoms with Gasteiger partial charge in [-0.2, -0.15) is 0 Å². The molecule has 4 rings (SSSR count). The molecule has 4 heteroatoms. The van der Waals surface area contributed by atoms with E-state index in [0.29, 0.717) is 44.5 Å². The Morgan fingerprint density at radius 3 is 2.25 bits per heavy atom. The van der Waals surface area contributed by atoms with Crippen LogP contribution in [-0.4, -0.2) is 29.1 Å². The number of aliphatic carboxylic acids is 1. The van der Waals surface area contributed by atoms with Gasteiger partial charge in [0, 0.05) is 12.1 Å². The molecule has 3 aromatic carbocycles. The first-order chi connectivity index (χ1) is 15.4. The van der Waals surface area contributed by atoms with Crippen LogP contribution < -0.4 is 0 Å². The summed E-state index contributed by atoms with van der Waals surface area (Å²) in [7, 11) is 0. The van der Waals surface area contributed by atoms with E-state index in [9.17, 15) is 14.3 Å². The number of hydrogen-bond acceptors (Lipinski definition) is 2. The highest BCUT2D eigenvalue weighted by atomic mass is 19.1. The molecule has 0 bridgehead atoms. The van der Waals surface area contributed by atoms with Crippen molar-refractivity contribution in [3.63, 3.8) is 0 Å². The molecular weight excluding hydrogens is 401 g/mol. The van der Waals surface area contributed by atoms with Crippen LogP contribution in [0.15, 0.2) is 66.7 Å². The molecule has 1 aliphatic rings. The Bertz CT molecular complexity index is 1120. The number of likely N-dealkylation sites (tertiary alicyclic amines) is 1. The Labute approximate surface area is 189 Å². The number of carboxylic acids is 1. The van der Waals surface area contributed by atoms with Crippen molar-refractivity contribution in [2.45, 2.75) is 39.7 Å². The molecule has 1 aliphatic heterocycles. The third-order valence-corrected chi connectivity index (χ3v) is 6.84. The van der Waals surface area contributed by atoms with Gasteiger partial charge in [-0.1, -0.05) is 66.2 Å². The summed E-state index contributed by atoms with van der Waals surface area (Å²) < 4.78 is 14.1. The summed E-state index contributed by atoms with van der Waals surface area (Å²) in [4.78, 5) is 14.6. The molecule has 3 nitrogen and oxygen atoms in total. The molecule has 0 aromatic heterocycles. The number of aryl methyl sites for hydroxylation is 2. The molecule has 0 amide bonds. The Kier molecular flexibility index (Phi) is 6.43. The summed E-state index contributed by atoms with van der Waals surface area (Å²) in [5.41, 5.74) is 5.61. The molecule has 1 fully saturated rings. The predicted octanol–water partition coefficient (Wildman–Crippen LogP) is 6.02. The Morgan fingerprint density at radius 2 is 1.59 bits per heavy atom. The number of rotatable bonds is 6. The fourth-order valence-electron chi connectivity index (χ4n) is 4.89. The van der Waals surface area contributed by atoms with E-state index < -0.39 is 11.4 Å². The first kappa shape index (κ1) is 22.2. The highest BCUT2D eigenvalue weighted by molar-refractivity contribution is 5.77. The standard InChI is InChI=1S/C28H30FNO2/c1-20-11-12-24(21(2)17-20)25-9-5-3-7-22(25)18-28(27(31)32)13-15-30(16-14-28)19-23-8-4-6-10-26(23)29/h3-12,17H,13-16,18-19H2,1-2H3,(H,31,32). The fourth-order valence-corrected chi connectivity index (χ4v) is 4.89. The molecule has 1 saturated heterocycles. The minimum absolute atomic E-state index is 0.204. The van der Waals surface area contributed by atoms with Crippen LogP contribution in [0.2, 0.25) is 0 Å². The normalized spacial score (nSPS) is 16.1. The van der Waals surface area contributed by atoms with Crippen molar-refractivity contribution in [3.05, 3.63) is 94.8 Å². The van der Waals surface area contributed by atoms with Gasteiger partial charge >= 0.3 is 5.97 Å². The minimum atomic E-state index is -0.805. The lowest BCUT2D eigenvalue weighted by molar-refractivity contribution is -0.152. The van der Waals surface area contributed by atoms with Gasteiger partial charge in [0.15, 0.2) is 0 Å². The van der Waals surface area contributed by atoms with Crippen LogP contribution in [0.1, 0.15) is 35.1 Å². The maximum atomic E-state index is 14.1. The molecule has 32 heavy (non-hydrogen) atoms. The largest absolute Gasteiger partial charge is 0.481 e. The minimum Gasteiger partial charge on any atom is -0.481 e. The second kappa shape index (κ2) is 9.25. The van der Waals surface area contributed by atoms with E-state index in [1.807, 2.05) is 18.2 Å². The predicted molar refractivity (Wildman–Crippen MR) is 126 cm³/mol. The molecule has 0 saturated carbocycles. The third-order valence-electron chi connectivity index (χ3n) is 6.84. The zero-order valence-electron chi connectivity index (χ0n) is 18.8. The number of carbonyl (C=O) groups is 1. The number of carboxylic acid groups (broad SMARTS) is 1. The first-order valence-corrected chi connectivity index (χ1v) is 11.2. The molecule has 0 unspecified atom stereocenters. The van der Waals surface area contributed by atoms with Gasteiger partial charge in [0.2, 0.25) is 0 Å². The number of nitrogens with zero attached hydrogens (tertiary/aromatic N) is 1. The highest BCUT2D eigenvalue weighted by Gasteiger charge is 2.42. The smallest absolute Gasteiger partial charge is 0.310 e. The third kappa shape index (κ3) is 4.61. The number of halogens is 1. The van der Waals surface area contributed by atoms with E-state index in [-0.39, 0.29) is 5.82 Å². The van der Waals surface area contributed by atoms with Crippen LogP contribution in [-0.2, 0) is 17.8 Å². The summed E-state index contributed by atoms with van der Waals surface area (Å²) in [6, 6.07) is 21.4. The first-order valence-electron chi connectivity index (χ1n) is 11.2. The second-order valence-electron chi connectivity index (χ2n) is 9.11. The lowest BCUT2D eigenvalue weighted by Crippen LogP contribution is -2.45. The summed E-state index contributed by atoms with van der Waals surface area (Å²) in [5, 5.41) is 10.2. The molecule has 0 radical (unpaired) electrons. The SMILES string of the molecule is Cc1ccc(-c2ccccc2CC2(C(=O)O)CCN(Cc3ccccc3F)CC2)c(C)c1. The van der Waals surface area contributed by atoms with Gasteiger partial charge in [-0.25, -0.2) is 4.39 Å². The summed E-state index contributed by atoms with van der Waals surface area (Å²) in [5.74, 6) is -0.941. The van der Waals surface area contributed by atoms with Crippen molar-refractivity contribution in [3.8, 4) is 11.1 Å². The maximum Gasteiger partial charge on any atom is 0.310 e. The van der Waals surface area contributed by atoms with E-state index >= 15 is 0 Å². The van der Waals surface area contributed by atoms with Crippen LogP contribution in [0.5, 0.6) is 0 Å². The highest BCUT2D eigenvalue weighted by Crippen LogP contribution is 2.39. The average Bonchev–Trinajstić information content (AvgIpc) is 2.77. The molecule has 3 aromatic rings. The molecular formula is C28H30FNO2. The van der Waals surface area contributed by atoms with Crippen molar-refractivity contribution in [1.82, 2.24) is 4.90 Å². The quantitative estimate of drug-likeness (QED) is 0.519. The molecule has 166 valence electrons. The summed E-state index contributed by atoms with van der Waals surface area (Å²) >= 11 is 0. The summed E-state index contributed by atoms with van der Waals surface area (Å²) in [6.45, 7) is 5.99. The van der Waals surface area contributed by atoms with Crippen LogP contribution in [0, 0.1) is 25.1 Å². The number of benzene rings is 3. The molecule has 0 atom stereocenters. The maximum absolute atomic E-state index is 14.1. The molecule has 1 heterocycles. The van der Waals surface area contributed by atoms with Crippen LogP contribution in [0.25, 0.3) is 11.1 Å². The monoisotopic (exact) mass is 431 g/mol. The van der Waals surface area contributed by atoms with Gasteiger partial charge in [0.1, 0.15) is 5.82 Å². The summed E-state index contributed by atoms with van der Waals surface area (Å²) in [6.07, 6.45) is 1.61. The van der Waals surface area contributed by atoms with E-state index in [1.54, 1.807) is 12.1 Å². The van der Waals surface area contributed by atoms with Gasteiger partial charge in [0.05, 0.1) is 5.41 Å². The Morgan fingerprint density at radius 1 is 0.938 bits per heavy atom. The van der Waals surface area contributed by atoms with Crippen molar-refractivity contribution in [1.29, 1.82) is 0 Å². The van der Waals surface area contributed by atoms with E-state index in [4.69, 9.17) is 0 Å². The number of hydrogen-bond donors (Lipinski definition) is 1. The Balaban J connectivity index is 1.55. The molecule has 0 aliphatic carbocycles. The topological polar surface area (TPSA) is 40.5 Å². The van der Waals surface area contributed by atoms with Crippen molar-refractivity contribution >= 4 is 5.97 Å². The van der Waals surface area contributed by atoms with E-state index in [1.165, 1.54) is 17.2 Å². The van der Waals surface area contributed by atoms with Gasteiger partial charge in [-0.3, -0.25) is 9.69 Å². The van der Waals surface area contributed by atoms with E-state index in [2.05, 4.69) is 49.1 Å². The molecule has 0 spiro atoms. The van der Waals surface area contributed by atoms with Crippen LogP contribution in [0.4, 0.5) is 4.39 Å². The average molecular weight is 432 g/mol. The fraction of sp³-hybridized carbons (Fsp3) is 0.321. The van der Waals surface area contributed by atoms with E-state index in [0.717, 1.165) is 16.7 Å². The molecule has 1 N–H and O–H groups in total. The van der Waals surface area contributed by atoms with Crippen molar-refractivity contribution < 1.29 is 14.3 Å².